The fraction of sp³-hybridized carbons (Fsp3) is 0.391. The van der Waals surface area contributed by atoms with Crippen LogP contribution < -0.4 is 0 Å². The molecule has 1 amide bonds. The van der Waals surface area contributed by atoms with Crippen molar-refractivity contribution in [3.8, 4) is 11.9 Å². The van der Waals surface area contributed by atoms with Gasteiger partial charge in [0.2, 0.25) is 5.91 Å². The van der Waals surface area contributed by atoms with Crippen LogP contribution in [-0.4, -0.2) is 79.7 Å². The Morgan fingerprint density at radius 3 is 2.91 bits per heavy atom. The van der Waals surface area contributed by atoms with Crippen molar-refractivity contribution in [3.63, 3.8) is 0 Å². The van der Waals surface area contributed by atoms with Crippen LogP contribution in [0.15, 0.2) is 42.9 Å². The Labute approximate surface area is 191 Å². The molecule has 2 aliphatic rings. The number of pyridine rings is 1. The van der Waals surface area contributed by atoms with Crippen molar-refractivity contribution in [2.24, 2.45) is 0 Å². The molecule has 0 aliphatic carbocycles. The average molecular weight is 444 g/mol. The van der Waals surface area contributed by atoms with Crippen LogP contribution in [0.5, 0.6) is 0 Å². The molecule has 2 atom stereocenters. The van der Waals surface area contributed by atoms with Gasteiger partial charge in [0.05, 0.1) is 36.8 Å². The molecule has 0 unspecified atom stereocenters. The number of carbonyl (C=O) groups excluding carboxylic acids is 1. The van der Waals surface area contributed by atoms with Crippen molar-refractivity contribution in [2.75, 3.05) is 32.8 Å². The van der Waals surface area contributed by atoms with E-state index < -0.39 is 0 Å². The molecule has 0 N–H and O–H groups in total. The Bertz CT molecular complexity index is 1170. The van der Waals surface area contributed by atoms with Crippen LogP contribution in [0.4, 0.5) is 0 Å². The monoisotopic (exact) mass is 444 g/mol. The van der Waals surface area contributed by atoms with Gasteiger partial charge in [-0.1, -0.05) is 18.2 Å². The van der Waals surface area contributed by atoms with E-state index in [0.717, 1.165) is 29.8 Å². The van der Waals surface area contributed by atoms with Crippen LogP contribution >= 0.6 is 0 Å². The standard InChI is InChI=1S/C23H24N8O2/c1-16-18(10-24)3-2-4-20(16)21-13-29-7-8-30(12-19(29)14-33-21)23(32)9-17-5-6-22(25-11-17)31-15-26-27-28-31/h2-6,11,15,19,21H,7-9,12-14H2,1H3/t19-,21+/m1/s1. The molecule has 0 radical (unpaired) electrons. The number of rotatable bonds is 4. The third kappa shape index (κ3) is 4.33. The van der Waals surface area contributed by atoms with Gasteiger partial charge < -0.3 is 9.64 Å². The number of morpholine rings is 1. The van der Waals surface area contributed by atoms with Crippen molar-refractivity contribution < 1.29 is 9.53 Å². The van der Waals surface area contributed by atoms with E-state index in [2.05, 4.69) is 31.5 Å². The molecule has 0 saturated carbocycles. The fourth-order valence-corrected chi connectivity index (χ4v) is 4.53. The molecule has 4 heterocycles. The first kappa shape index (κ1) is 21.2. The molecule has 5 rings (SSSR count). The lowest BCUT2D eigenvalue weighted by Crippen LogP contribution is -2.59. The van der Waals surface area contributed by atoms with E-state index in [9.17, 15) is 10.1 Å². The second-order valence-electron chi connectivity index (χ2n) is 8.40. The molecule has 2 aliphatic heterocycles. The van der Waals surface area contributed by atoms with Crippen molar-refractivity contribution >= 4 is 5.91 Å². The highest BCUT2D eigenvalue weighted by molar-refractivity contribution is 5.79. The lowest BCUT2D eigenvalue weighted by atomic mass is 9.96. The molecule has 0 bridgehead atoms. The predicted molar refractivity (Wildman–Crippen MR) is 117 cm³/mol. The maximum atomic E-state index is 12.9. The molecule has 33 heavy (non-hydrogen) atoms. The smallest absolute Gasteiger partial charge is 0.227 e. The Balaban J connectivity index is 1.18. The molecule has 10 nitrogen and oxygen atoms in total. The molecule has 3 aromatic rings. The predicted octanol–water partition coefficient (Wildman–Crippen LogP) is 1.06. The highest BCUT2D eigenvalue weighted by atomic mass is 16.5. The quantitative estimate of drug-likeness (QED) is 0.587. The number of nitriles is 1. The van der Waals surface area contributed by atoms with Gasteiger partial charge in [-0.25, -0.2) is 4.98 Å². The molecule has 1 aromatic carbocycles. The van der Waals surface area contributed by atoms with E-state index in [0.29, 0.717) is 37.5 Å². The maximum Gasteiger partial charge on any atom is 0.227 e. The third-order valence-corrected chi connectivity index (χ3v) is 6.44. The number of benzene rings is 1. The highest BCUT2D eigenvalue weighted by Crippen LogP contribution is 2.30. The van der Waals surface area contributed by atoms with E-state index in [1.165, 1.54) is 11.0 Å². The van der Waals surface area contributed by atoms with Gasteiger partial charge in [-0.15, -0.1) is 5.10 Å². The number of ether oxygens (including phenoxy) is 1. The van der Waals surface area contributed by atoms with E-state index in [1.807, 2.05) is 36.1 Å². The summed E-state index contributed by atoms with van der Waals surface area (Å²) in [5.41, 5.74) is 3.60. The highest BCUT2D eigenvalue weighted by Gasteiger charge is 2.36. The van der Waals surface area contributed by atoms with Gasteiger partial charge in [0.1, 0.15) is 6.33 Å². The summed E-state index contributed by atoms with van der Waals surface area (Å²) in [6.07, 6.45) is 3.42. The van der Waals surface area contributed by atoms with Crippen molar-refractivity contribution in [1.82, 2.24) is 35.0 Å². The first-order valence-corrected chi connectivity index (χ1v) is 10.9. The third-order valence-electron chi connectivity index (χ3n) is 6.44. The maximum absolute atomic E-state index is 12.9. The zero-order valence-corrected chi connectivity index (χ0v) is 18.3. The molecule has 10 heteroatoms. The minimum Gasteiger partial charge on any atom is -0.370 e. The fourth-order valence-electron chi connectivity index (χ4n) is 4.53. The summed E-state index contributed by atoms with van der Waals surface area (Å²) < 4.78 is 7.66. The number of amides is 1. The summed E-state index contributed by atoms with van der Waals surface area (Å²) >= 11 is 0. The van der Waals surface area contributed by atoms with Crippen LogP contribution in [0.25, 0.3) is 5.82 Å². The number of carbonyl (C=O) groups is 1. The van der Waals surface area contributed by atoms with E-state index >= 15 is 0 Å². The van der Waals surface area contributed by atoms with Crippen LogP contribution in [0.3, 0.4) is 0 Å². The summed E-state index contributed by atoms with van der Waals surface area (Å²) in [7, 11) is 0. The minimum atomic E-state index is -0.0541. The molecular formula is C23H24N8O2. The van der Waals surface area contributed by atoms with Crippen LogP contribution in [0.2, 0.25) is 0 Å². The molecule has 168 valence electrons. The van der Waals surface area contributed by atoms with Crippen molar-refractivity contribution in [2.45, 2.75) is 25.5 Å². The number of hydrogen-bond donors (Lipinski definition) is 0. The van der Waals surface area contributed by atoms with Gasteiger partial charge in [-0.2, -0.15) is 9.94 Å². The lowest BCUT2D eigenvalue weighted by Gasteiger charge is -2.46. The normalized spacial score (nSPS) is 20.8. The van der Waals surface area contributed by atoms with Crippen LogP contribution in [-0.2, 0) is 16.0 Å². The number of tetrazole rings is 1. The van der Waals surface area contributed by atoms with E-state index in [-0.39, 0.29) is 18.1 Å². The summed E-state index contributed by atoms with van der Waals surface area (Å²) in [5.74, 6) is 0.695. The van der Waals surface area contributed by atoms with E-state index in [4.69, 9.17) is 4.74 Å². The number of aromatic nitrogens is 5. The van der Waals surface area contributed by atoms with Gasteiger partial charge in [0.25, 0.3) is 0 Å². The van der Waals surface area contributed by atoms with Crippen LogP contribution in [0, 0.1) is 18.3 Å². The van der Waals surface area contributed by atoms with Gasteiger partial charge in [-0.3, -0.25) is 9.69 Å². The first-order chi connectivity index (χ1) is 16.1. The van der Waals surface area contributed by atoms with Gasteiger partial charge in [0.15, 0.2) is 5.82 Å². The molecule has 2 fully saturated rings. The van der Waals surface area contributed by atoms with Crippen LogP contribution in [0.1, 0.15) is 28.4 Å². The molecule has 0 spiro atoms. The average Bonchev–Trinajstić information content (AvgIpc) is 3.39. The Hall–Kier alpha value is -3.68. The minimum absolute atomic E-state index is 0.0541. The molecule has 2 saturated heterocycles. The molecular weight excluding hydrogens is 420 g/mol. The Morgan fingerprint density at radius 1 is 1.24 bits per heavy atom. The lowest BCUT2D eigenvalue weighted by molar-refractivity contribution is -0.139. The largest absolute Gasteiger partial charge is 0.370 e. The second kappa shape index (κ2) is 9.05. The van der Waals surface area contributed by atoms with Crippen molar-refractivity contribution in [1.29, 1.82) is 5.26 Å². The summed E-state index contributed by atoms with van der Waals surface area (Å²) in [6, 6.07) is 11.9. The summed E-state index contributed by atoms with van der Waals surface area (Å²) in [4.78, 5) is 21.6. The number of nitrogens with zero attached hydrogens (tertiary/aromatic N) is 8. The van der Waals surface area contributed by atoms with Gasteiger partial charge in [-0.05, 0) is 46.2 Å². The topological polar surface area (TPSA) is 113 Å². The zero-order valence-electron chi connectivity index (χ0n) is 18.3. The Morgan fingerprint density at radius 2 is 2.15 bits per heavy atom. The number of piperazine rings is 1. The van der Waals surface area contributed by atoms with E-state index in [1.54, 1.807) is 12.3 Å². The summed E-state index contributed by atoms with van der Waals surface area (Å²) in [5, 5.41) is 20.3. The van der Waals surface area contributed by atoms with Gasteiger partial charge in [0, 0.05) is 32.4 Å². The molecule has 2 aromatic heterocycles. The zero-order chi connectivity index (χ0) is 22.8. The SMILES string of the molecule is Cc1c(C#N)cccc1[C@@H]1CN2CCN(C(=O)Cc3ccc(-n4cnnn4)nc3)C[C@@H]2CO1. The van der Waals surface area contributed by atoms with Gasteiger partial charge >= 0.3 is 0 Å². The summed E-state index contributed by atoms with van der Waals surface area (Å²) in [6.45, 7) is 5.46. The second-order valence-corrected chi connectivity index (χ2v) is 8.40. The number of fused-ring (bicyclic) bond motifs is 1. The number of hydrogen-bond acceptors (Lipinski definition) is 8. The first-order valence-electron chi connectivity index (χ1n) is 10.9. The van der Waals surface area contributed by atoms with Crippen molar-refractivity contribution in [3.05, 3.63) is 65.1 Å². The Kier molecular flexibility index (Phi) is 5.81.